The Morgan fingerprint density at radius 3 is 2.71 bits per heavy atom. The van der Waals surface area contributed by atoms with E-state index in [0.717, 1.165) is 5.39 Å². The van der Waals surface area contributed by atoms with Crippen LogP contribution in [0.15, 0.2) is 51.5 Å². The Bertz CT molecular complexity index is 863. The number of fused-ring (bicyclic) bond motifs is 1. The second kappa shape index (κ2) is 6.62. The number of hydrogen-bond donors (Lipinski definition) is 1. The van der Waals surface area contributed by atoms with Crippen LogP contribution in [0.25, 0.3) is 11.0 Å². The molecule has 0 bridgehead atoms. The van der Waals surface area contributed by atoms with Gasteiger partial charge >= 0.3 is 5.97 Å². The van der Waals surface area contributed by atoms with Crippen LogP contribution < -0.4 is 5.32 Å². The standard InChI is InChI=1S/C18H17NO5/c1-11-14-7-3-4-8-15(14)24-16(11)18(21)23-12(2)17(20)19-10-13-6-5-9-22-13/h3-9,12H,10H2,1-2H3,(H,19,20). The van der Waals surface area contributed by atoms with E-state index in [-0.39, 0.29) is 12.3 Å². The van der Waals surface area contributed by atoms with Crippen LogP contribution >= 0.6 is 0 Å². The summed E-state index contributed by atoms with van der Waals surface area (Å²) in [6, 6.07) is 10.8. The van der Waals surface area contributed by atoms with Gasteiger partial charge in [-0.3, -0.25) is 4.79 Å². The molecule has 0 aliphatic rings. The monoisotopic (exact) mass is 327 g/mol. The molecule has 0 fully saturated rings. The summed E-state index contributed by atoms with van der Waals surface area (Å²) in [4.78, 5) is 24.3. The lowest BCUT2D eigenvalue weighted by Gasteiger charge is -2.12. The van der Waals surface area contributed by atoms with E-state index < -0.39 is 18.0 Å². The van der Waals surface area contributed by atoms with Crippen LogP contribution in [0.4, 0.5) is 0 Å². The molecule has 6 heteroatoms. The molecule has 3 aromatic rings. The Morgan fingerprint density at radius 1 is 1.21 bits per heavy atom. The van der Waals surface area contributed by atoms with Gasteiger partial charge in [-0.05, 0) is 32.0 Å². The third-order valence-corrected chi connectivity index (χ3v) is 3.70. The van der Waals surface area contributed by atoms with E-state index in [4.69, 9.17) is 13.6 Å². The molecule has 2 heterocycles. The first-order valence-electron chi connectivity index (χ1n) is 7.55. The number of esters is 1. The van der Waals surface area contributed by atoms with Crippen LogP contribution in [0.3, 0.4) is 0 Å². The van der Waals surface area contributed by atoms with Gasteiger partial charge in [0.15, 0.2) is 6.10 Å². The number of aryl methyl sites for hydroxylation is 1. The van der Waals surface area contributed by atoms with E-state index in [9.17, 15) is 9.59 Å². The third kappa shape index (κ3) is 3.17. The van der Waals surface area contributed by atoms with Crippen molar-refractivity contribution in [3.8, 4) is 0 Å². The SMILES string of the molecule is Cc1c(C(=O)OC(C)C(=O)NCc2ccco2)oc2ccccc12. The molecule has 0 radical (unpaired) electrons. The lowest BCUT2D eigenvalue weighted by atomic mass is 10.1. The molecule has 0 aliphatic carbocycles. The van der Waals surface area contributed by atoms with Crippen molar-refractivity contribution < 1.29 is 23.2 Å². The predicted octanol–water partition coefficient (Wildman–Crippen LogP) is 3.20. The minimum atomic E-state index is -0.944. The number of benzene rings is 1. The van der Waals surface area contributed by atoms with E-state index in [1.54, 1.807) is 25.1 Å². The van der Waals surface area contributed by atoms with Crippen molar-refractivity contribution >= 4 is 22.8 Å². The van der Waals surface area contributed by atoms with Gasteiger partial charge in [-0.25, -0.2) is 4.79 Å². The van der Waals surface area contributed by atoms with Crippen molar-refractivity contribution in [3.63, 3.8) is 0 Å². The number of carbonyl (C=O) groups excluding carboxylic acids is 2. The molecule has 3 rings (SSSR count). The van der Waals surface area contributed by atoms with Gasteiger partial charge in [0.2, 0.25) is 5.76 Å². The zero-order chi connectivity index (χ0) is 17.1. The summed E-state index contributed by atoms with van der Waals surface area (Å²) in [6.45, 7) is 3.52. The molecular formula is C18H17NO5. The summed E-state index contributed by atoms with van der Waals surface area (Å²) in [5.74, 6) is -0.338. The molecule has 1 amide bonds. The van der Waals surface area contributed by atoms with Gasteiger partial charge in [-0.2, -0.15) is 0 Å². The molecule has 0 saturated carbocycles. The van der Waals surface area contributed by atoms with E-state index in [0.29, 0.717) is 16.9 Å². The van der Waals surface area contributed by atoms with E-state index in [1.165, 1.54) is 13.2 Å². The molecule has 6 nitrogen and oxygen atoms in total. The molecule has 124 valence electrons. The van der Waals surface area contributed by atoms with E-state index in [2.05, 4.69) is 5.32 Å². The highest BCUT2D eigenvalue weighted by atomic mass is 16.6. The highest BCUT2D eigenvalue weighted by molar-refractivity contribution is 5.97. The predicted molar refractivity (Wildman–Crippen MR) is 86.4 cm³/mol. The largest absolute Gasteiger partial charge is 0.467 e. The maximum Gasteiger partial charge on any atom is 0.375 e. The van der Waals surface area contributed by atoms with Gasteiger partial charge in [0.05, 0.1) is 12.8 Å². The zero-order valence-corrected chi connectivity index (χ0v) is 13.4. The van der Waals surface area contributed by atoms with Crippen molar-refractivity contribution in [2.45, 2.75) is 26.5 Å². The van der Waals surface area contributed by atoms with Crippen molar-refractivity contribution in [2.75, 3.05) is 0 Å². The first kappa shape index (κ1) is 15.9. The molecule has 0 saturated heterocycles. The Hall–Kier alpha value is -3.02. The van der Waals surface area contributed by atoms with Gasteiger partial charge in [-0.1, -0.05) is 18.2 Å². The number of para-hydroxylation sites is 1. The Labute approximate surface area is 138 Å². The number of ether oxygens (including phenoxy) is 1. The maximum absolute atomic E-state index is 12.3. The van der Waals surface area contributed by atoms with Crippen molar-refractivity contribution in [2.24, 2.45) is 0 Å². The van der Waals surface area contributed by atoms with Crippen LogP contribution in [-0.4, -0.2) is 18.0 Å². The molecule has 1 unspecified atom stereocenters. The summed E-state index contributed by atoms with van der Waals surface area (Å²) in [5, 5.41) is 3.49. The fourth-order valence-corrected chi connectivity index (χ4v) is 2.37. The van der Waals surface area contributed by atoms with Crippen molar-refractivity contribution in [1.82, 2.24) is 5.32 Å². The first-order valence-corrected chi connectivity index (χ1v) is 7.55. The number of carbonyl (C=O) groups is 2. The van der Waals surface area contributed by atoms with Crippen LogP contribution in [-0.2, 0) is 16.1 Å². The maximum atomic E-state index is 12.3. The molecule has 2 aromatic heterocycles. The zero-order valence-electron chi connectivity index (χ0n) is 13.4. The molecular weight excluding hydrogens is 310 g/mol. The number of amides is 1. The summed E-state index contributed by atoms with van der Waals surface area (Å²) in [5.41, 5.74) is 1.30. The summed E-state index contributed by atoms with van der Waals surface area (Å²) >= 11 is 0. The van der Waals surface area contributed by atoms with Crippen LogP contribution in [0.2, 0.25) is 0 Å². The highest BCUT2D eigenvalue weighted by Crippen LogP contribution is 2.25. The molecule has 0 spiro atoms. The minimum absolute atomic E-state index is 0.113. The lowest BCUT2D eigenvalue weighted by Crippen LogP contribution is -2.35. The normalized spacial score (nSPS) is 12.1. The molecule has 24 heavy (non-hydrogen) atoms. The quantitative estimate of drug-likeness (QED) is 0.728. The van der Waals surface area contributed by atoms with E-state index in [1.807, 2.05) is 18.2 Å². The number of hydrogen-bond acceptors (Lipinski definition) is 5. The van der Waals surface area contributed by atoms with Gasteiger partial charge in [0, 0.05) is 10.9 Å². The van der Waals surface area contributed by atoms with Crippen molar-refractivity contribution in [3.05, 3.63) is 59.7 Å². The Balaban J connectivity index is 1.64. The van der Waals surface area contributed by atoms with Crippen LogP contribution in [0.1, 0.15) is 28.8 Å². The Morgan fingerprint density at radius 2 is 2.00 bits per heavy atom. The fraction of sp³-hybridized carbons (Fsp3) is 0.222. The lowest BCUT2D eigenvalue weighted by molar-refractivity contribution is -0.129. The number of nitrogens with one attached hydrogen (secondary N) is 1. The number of furan rings is 2. The van der Waals surface area contributed by atoms with Crippen LogP contribution in [0, 0.1) is 6.92 Å². The first-order chi connectivity index (χ1) is 11.6. The van der Waals surface area contributed by atoms with Crippen LogP contribution in [0.5, 0.6) is 0 Å². The third-order valence-electron chi connectivity index (χ3n) is 3.70. The summed E-state index contributed by atoms with van der Waals surface area (Å²) in [6.07, 6.45) is 0.579. The van der Waals surface area contributed by atoms with Gasteiger partial charge < -0.3 is 18.9 Å². The average molecular weight is 327 g/mol. The highest BCUT2D eigenvalue weighted by Gasteiger charge is 2.24. The summed E-state index contributed by atoms with van der Waals surface area (Å²) in [7, 11) is 0. The average Bonchev–Trinajstić information content (AvgIpc) is 3.21. The molecule has 1 aromatic carbocycles. The summed E-state index contributed by atoms with van der Waals surface area (Å²) < 4.78 is 15.9. The van der Waals surface area contributed by atoms with Gasteiger partial charge in [0.25, 0.3) is 5.91 Å². The number of rotatable bonds is 5. The van der Waals surface area contributed by atoms with Gasteiger partial charge in [0.1, 0.15) is 11.3 Å². The topological polar surface area (TPSA) is 81.7 Å². The van der Waals surface area contributed by atoms with Gasteiger partial charge in [-0.15, -0.1) is 0 Å². The Kier molecular flexibility index (Phi) is 4.37. The molecule has 1 atom stereocenters. The fourth-order valence-electron chi connectivity index (χ4n) is 2.37. The van der Waals surface area contributed by atoms with E-state index >= 15 is 0 Å². The smallest absolute Gasteiger partial charge is 0.375 e. The van der Waals surface area contributed by atoms with Crippen molar-refractivity contribution in [1.29, 1.82) is 0 Å². The second-order valence-corrected chi connectivity index (χ2v) is 5.40. The second-order valence-electron chi connectivity index (χ2n) is 5.40. The molecule has 1 N–H and O–H groups in total. The molecule has 0 aliphatic heterocycles. The minimum Gasteiger partial charge on any atom is -0.467 e.